The van der Waals surface area contributed by atoms with Crippen molar-refractivity contribution < 1.29 is 9.84 Å². The van der Waals surface area contributed by atoms with Crippen LogP contribution in [0.25, 0.3) is 0 Å². The highest BCUT2D eigenvalue weighted by Crippen LogP contribution is 2.59. The highest BCUT2D eigenvalue weighted by molar-refractivity contribution is 5.55. The number of nitrogens with zero attached hydrogens (tertiary/aromatic N) is 2. The summed E-state index contributed by atoms with van der Waals surface area (Å²) >= 11 is 0. The summed E-state index contributed by atoms with van der Waals surface area (Å²) in [7, 11) is 0. The monoisotopic (exact) mass is 456 g/mol. The lowest BCUT2D eigenvalue weighted by Gasteiger charge is -2.38. The Morgan fingerprint density at radius 2 is 1.74 bits per heavy atom. The first-order valence-corrected chi connectivity index (χ1v) is 13.1. The number of rotatable bonds is 3. The van der Waals surface area contributed by atoms with Crippen molar-refractivity contribution in [2.24, 2.45) is 5.41 Å². The zero-order valence-electron chi connectivity index (χ0n) is 20.9. The van der Waals surface area contributed by atoms with Crippen molar-refractivity contribution >= 4 is 0 Å². The average molecular weight is 457 g/mol. The van der Waals surface area contributed by atoms with Gasteiger partial charge in [-0.05, 0) is 66.5 Å². The van der Waals surface area contributed by atoms with Gasteiger partial charge < -0.3 is 9.84 Å². The van der Waals surface area contributed by atoms with Crippen LogP contribution in [0.2, 0.25) is 0 Å². The normalized spacial score (nSPS) is 27.4. The van der Waals surface area contributed by atoms with Crippen molar-refractivity contribution in [2.75, 3.05) is 0 Å². The van der Waals surface area contributed by atoms with Crippen LogP contribution in [0.4, 0.5) is 0 Å². The number of aliphatic hydroxyl groups excluding tert-OH is 1. The van der Waals surface area contributed by atoms with Gasteiger partial charge in [0, 0.05) is 22.5 Å². The molecule has 1 N–H and O–H groups in total. The summed E-state index contributed by atoms with van der Waals surface area (Å²) in [6.07, 6.45) is 7.25. The highest BCUT2D eigenvalue weighted by Gasteiger charge is 2.53. The van der Waals surface area contributed by atoms with Crippen LogP contribution < -0.4 is 0 Å². The average Bonchev–Trinajstić information content (AvgIpc) is 3.34. The summed E-state index contributed by atoms with van der Waals surface area (Å²) in [5.74, 6) is 0.275. The van der Waals surface area contributed by atoms with Gasteiger partial charge in [-0.25, -0.2) is 0 Å². The number of nitriles is 1. The van der Waals surface area contributed by atoms with Gasteiger partial charge in [-0.3, -0.25) is 4.98 Å². The van der Waals surface area contributed by atoms with E-state index in [1.165, 1.54) is 11.1 Å². The van der Waals surface area contributed by atoms with Gasteiger partial charge in [0.1, 0.15) is 6.10 Å². The number of aromatic nitrogens is 1. The van der Waals surface area contributed by atoms with Crippen LogP contribution in [-0.4, -0.2) is 10.1 Å². The first-order chi connectivity index (χ1) is 16.2. The van der Waals surface area contributed by atoms with E-state index in [4.69, 9.17) is 9.72 Å². The van der Waals surface area contributed by atoms with Crippen LogP contribution in [0.5, 0.6) is 0 Å². The van der Waals surface area contributed by atoms with E-state index < -0.39 is 6.10 Å². The molecule has 4 aliphatic rings. The minimum absolute atomic E-state index is 0.0406. The number of benzene rings is 1. The molecule has 34 heavy (non-hydrogen) atoms. The fourth-order valence-corrected chi connectivity index (χ4v) is 6.98. The SMILES string of the molecule is CC(C)c1nc2c(c3c1C(c1ccc(C4(C#N)CC4)cc1)OC31CCCC1)C(O)CC(C)(C)C2. The standard InChI is InChI=1S/C30H36N2O2/c1-18(2)26-24-25(23-21(32-26)15-28(3,4)16-22(23)33)30(11-5-6-12-30)34-27(24)19-7-9-20(10-8-19)29(17-31)13-14-29/h7-10,18,22,27,33H,5-6,11-16H2,1-4H3. The number of hydrogen-bond donors (Lipinski definition) is 1. The molecule has 1 spiro atoms. The molecule has 0 saturated heterocycles. The molecule has 1 aliphatic heterocycles. The predicted molar refractivity (Wildman–Crippen MR) is 131 cm³/mol. The lowest BCUT2D eigenvalue weighted by Crippen LogP contribution is -2.32. The quantitative estimate of drug-likeness (QED) is 0.561. The highest BCUT2D eigenvalue weighted by atomic mass is 16.5. The molecule has 2 heterocycles. The second-order valence-electron chi connectivity index (χ2n) is 12.4. The minimum Gasteiger partial charge on any atom is -0.388 e. The molecule has 2 unspecified atom stereocenters. The lowest BCUT2D eigenvalue weighted by atomic mass is 9.70. The van der Waals surface area contributed by atoms with Crippen molar-refractivity contribution in [3.8, 4) is 6.07 Å². The molecule has 4 nitrogen and oxygen atoms in total. The number of aliphatic hydroxyl groups is 1. The van der Waals surface area contributed by atoms with E-state index in [9.17, 15) is 10.4 Å². The first kappa shape index (κ1) is 22.3. The van der Waals surface area contributed by atoms with Gasteiger partial charge in [-0.1, -0.05) is 64.8 Å². The smallest absolute Gasteiger partial charge is 0.111 e. The third-order valence-corrected chi connectivity index (χ3v) is 8.86. The Morgan fingerprint density at radius 1 is 1.06 bits per heavy atom. The Labute approximate surface area is 203 Å². The number of hydrogen-bond acceptors (Lipinski definition) is 4. The van der Waals surface area contributed by atoms with Crippen LogP contribution in [0.1, 0.15) is 130 Å². The Balaban J connectivity index is 1.54. The molecule has 0 amide bonds. The van der Waals surface area contributed by atoms with E-state index in [1.807, 2.05) is 0 Å². The van der Waals surface area contributed by atoms with Gasteiger partial charge in [0.15, 0.2) is 0 Å². The molecule has 6 rings (SSSR count). The van der Waals surface area contributed by atoms with Crippen LogP contribution in [-0.2, 0) is 22.2 Å². The van der Waals surface area contributed by atoms with Crippen LogP contribution in [0.3, 0.4) is 0 Å². The lowest BCUT2D eigenvalue weighted by molar-refractivity contribution is -0.0580. The van der Waals surface area contributed by atoms with Crippen molar-refractivity contribution in [1.82, 2.24) is 4.98 Å². The summed E-state index contributed by atoms with van der Waals surface area (Å²) in [5.41, 5.74) is 7.47. The Hall–Kier alpha value is -2.22. The summed E-state index contributed by atoms with van der Waals surface area (Å²) in [4.78, 5) is 5.26. The van der Waals surface area contributed by atoms with Gasteiger partial charge in [0.2, 0.25) is 0 Å². The maximum absolute atomic E-state index is 11.4. The second kappa shape index (κ2) is 7.39. The molecular weight excluding hydrogens is 420 g/mol. The predicted octanol–water partition coefficient (Wildman–Crippen LogP) is 6.65. The number of fused-ring (bicyclic) bond motifs is 4. The third kappa shape index (κ3) is 3.20. The number of ether oxygens (including phenoxy) is 1. The van der Waals surface area contributed by atoms with Crippen molar-refractivity contribution in [1.29, 1.82) is 5.26 Å². The molecule has 2 aromatic rings. The summed E-state index contributed by atoms with van der Waals surface area (Å²) < 4.78 is 7.07. The van der Waals surface area contributed by atoms with E-state index in [1.54, 1.807) is 0 Å². The van der Waals surface area contributed by atoms with Gasteiger partial charge in [-0.15, -0.1) is 0 Å². The van der Waals surface area contributed by atoms with Crippen LogP contribution >= 0.6 is 0 Å². The number of pyridine rings is 1. The molecule has 178 valence electrons. The largest absolute Gasteiger partial charge is 0.388 e. The molecule has 2 atom stereocenters. The van der Waals surface area contributed by atoms with Crippen LogP contribution in [0.15, 0.2) is 24.3 Å². The second-order valence-corrected chi connectivity index (χ2v) is 12.4. The summed E-state index contributed by atoms with van der Waals surface area (Å²) in [6, 6.07) is 11.1. The van der Waals surface area contributed by atoms with Crippen molar-refractivity contribution in [3.05, 3.63) is 63.5 Å². The van der Waals surface area contributed by atoms with E-state index in [0.29, 0.717) is 0 Å². The molecule has 1 aromatic heterocycles. The zero-order valence-corrected chi connectivity index (χ0v) is 20.9. The topological polar surface area (TPSA) is 66.1 Å². The molecule has 1 aromatic carbocycles. The minimum atomic E-state index is -0.492. The molecular formula is C30H36N2O2. The Kier molecular flexibility index (Phi) is 4.84. The maximum atomic E-state index is 11.4. The van der Waals surface area contributed by atoms with Crippen LogP contribution in [0, 0.1) is 16.7 Å². The molecule has 4 heteroatoms. The molecule has 0 bridgehead atoms. The summed E-state index contributed by atoms with van der Waals surface area (Å²) in [6.45, 7) is 8.93. The van der Waals surface area contributed by atoms with Crippen molar-refractivity contribution in [3.63, 3.8) is 0 Å². The fourth-order valence-electron chi connectivity index (χ4n) is 6.98. The zero-order chi connectivity index (χ0) is 23.9. The molecule has 2 saturated carbocycles. The molecule has 2 fully saturated rings. The first-order valence-electron chi connectivity index (χ1n) is 13.1. The Morgan fingerprint density at radius 3 is 2.32 bits per heavy atom. The summed E-state index contributed by atoms with van der Waals surface area (Å²) in [5, 5.41) is 21.1. The Bertz CT molecular complexity index is 1180. The van der Waals surface area contributed by atoms with Gasteiger partial charge >= 0.3 is 0 Å². The van der Waals surface area contributed by atoms with Gasteiger partial charge in [0.25, 0.3) is 0 Å². The molecule has 0 radical (unpaired) electrons. The maximum Gasteiger partial charge on any atom is 0.111 e. The van der Waals surface area contributed by atoms with Gasteiger partial charge in [-0.2, -0.15) is 5.26 Å². The van der Waals surface area contributed by atoms with Crippen molar-refractivity contribution in [2.45, 2.75) is 108 Å². The van der Waals surface area contributed by atoms with Gasteiger partial charge in [0.05, 0.1) is 23.2 Å². The van der Waals surface area contributed by atoms with E-state index in [0.717, 1.165) is 79.4 Å². The third-order valence-electron chi connectivity index (χ3n) is 8.86. The molecule has 3 aliphatic carbocycles. The van der Waals surface area contributed by atoms with E-state index in [2.05, 4.69) is 58.0 Å². The fraction of sp³-hybridized carbons (Fsp3) is 0.600. The van der Waals surface area contributed by atoms with E-state index >= 15 is 0 Å². The van der Waals surface area contributed by atoms with E-state index in [-0.39, 0.29) is 28.5 Å².